The lowest BCUT2D eigenvalue weighted by molar-refractivity contribution is -0.137. The predicted octanol–water partition coefficient (Wildman–Crippen LogP) is 6.87. The van der Waals surface area contributed by atoms with Crippen LogP contribution in [0.15, 0.2) is 61.1 Å². The molecule has 2 aromatic heterocycles. The Labute approximate surface area is 221 Å². The average molecular weight is 544 g/mol. The summed E-state index contributed by atoms with van der Waals surface area (Å²) in [7, 11) is 1.73. The number of aromatic nitrogens is 4. The van der Waals surface area contributed by atoms with Crippen molar-refractivity contribution < 1.29 is 27.1 Å². The third-order valence-electron chi connectivity index (χ3n) is 5.14. The Morgan fingerprint density at radius 1 is 0.974 bits per heavy atom. The summed E-state index contributed by atoms with van der Waals surface area (Å²) in [6.07, 6.45) is -0.594. The molecular weight excluding hydrogens is 518 g/mol. The van der Waals surface area contributed by atoms with Crippen LogP contribution in [0.2, 0.25) is 0 Å². The Kier molecular flexibility index (Phi) is 7.43. The van der Waals surface area contributed by atoms with Gasteiger partial charge in [0.25, 0.3) is 0 Å². The number of nitrogens with zero attached hydrogens (tertiary/aromatic N) is 4. The van der Waals surface area contributed by atoms with E-state index in [0.717, 1.165) is 18.2 Å². The number of carbonyl (C=O) groups excluding carboxylic acids is 1. The molecule has 0 aliphatic rings. The van der Waals surface area contributed by atoms with Gasteiger partial charge >= 0.3 is 12.3 Å². The van der Waals surface area contributed by atoms with Crippen LogP contribution in [0, 0.1) is 5.82 Å². The molecule has 0 aliphatic heterocycles. The van der Waals surface area contributed by atoms with Crippen molar-refractivity contribution in [2.75, 3.05) is 16.0 Å². The Bertz CT molecular complexity index is 1480. The van der Waals surface area contributed by atoms with Crippen LogP contribution in [0.3, 0.4) is 0 Å². The zero-order valence-electron chi connectivity index (χ0n) is 21.4. The third-order valence-corrected chi connectivity index (χ3v) is 5.14. The first-order chi connectivity index (χ1) is 18.3. The number of nitrogens with one attached hydrogen (secondary N) is 3. The number of benzene rings is 2. The van der Waals surface area contributed by atoms with E-state index in [1.807, 2.05) is 0 Å². The van der Waals surface area contributed by atoms with Gasteiger partial charge in [0, 0.05) is 30.7 Å². The molecule has 0 saturated carbocycles. The third kappa shape index (κ3) is 7.21. The maximum Gasteiger partial charge on any atom is 0.416 e. The summed E-state index contributed by atoms with van der Waals surface area (Å²) in [4.78, 5) is 20.9. The maximum absolute atomic E-state index is 14.8. The predicted molar refractivity (Wildman–Crippen MR) is 139 cm³/mol. The summed E-state index contributed by atoms with van der Waals surface area (Å²) < 4.78 is 60.9. The van der Waals surface area contributed by atoms with Gasteiger partial charge in [-0.3, -0.25) is 10.00 Å². The van der Waals surface area contributed by atoms with Gasteiger partial charge in [0.1, 0.15) is 17.2 Å². The lowest BCUT2D eigenvalue weighted by Gasteiger charge is -2.20. The number of alkyl halides is 3. The van der Waals surface area contributed by atoms with Gasteiger partial charge in [0.2, 0.25) is 5.95 Å². The molecule has 3 N–H and O–H groups in total. The standard InChI is InChI=1S/C26H25F4N7O2/c1-25(2,3)39-24(38)34-17-9-10-20(27)21(11-17)35-22-19(15-5-7-16(8-6-15)26(28,29)30)13-31-23(36-22)33-18-12-32-37(4)14-18/h5-14H,1-4H3,(H,34,38)(H2,31,33,35,36). The molecule has 2 heterocycles. The monoisotopic (exact) mass is 543 g/mol. The van der Waals surface area contributed by atoms with E-state index in [1.165, 1.54) is 30.5 Å². The second kappa shape index (κ2) is 10.6. The molecule has 0 unspecified atom stereocenters. The van der Waals surface area contributed by atoms with Crippen molar-refractivity contribution in [1.82, 2.24) is 19.7 Å². The lowest BCUT2D eigenvalue weighted by atomic mass is 10.1. The van der Waals surface area contributed by atoms with Crippen LogP contribution in [0.1, 0.15) is 26.3 Å². The molecule has 1 amide bonds. The van der Waals surface area contributed by atoms with Crippen LogP contribution in [0.25, 0.3) is 11.1 Å². The first kappa shape index (κ1) is 27.4. The van der Waals surface area contributed by atoms with E-state index in [2.05, 4.69) is 31.0 Å². The fraction of sp³-hybridized carbons (Fsp3) is 0.231. The normalized spacial score (nSPS) is 11.7. The molecule has 4 rings (SSSR count). The van der Waals surface area contributed by atoms with Crippen LogP contribution < -0.4 is 16.0 Å². The number of ether oxygens (including phenoxy) is 1. The van der Waals surface area contributed by atoms with Gasteiger partial charge in [0.15, 0.2) is 0 Å². The van der Waals surface area contributed by atoms with Crippen molar-refractivity contribution in [2.45, 2.75) is 32.5 Å². The molecule has 0 atom stereocenters. The fourth-order valence-corrected chi connectivity index (χ4v) is 3.45. The molecule has 0 spiro atoms. The second-order valence-corrected chi connectivity index (χ2v) is 9.51. The van der Waals surface area contributed by atoms with Crippen molar-refractivity contribution in [3.05, 3.63) is 72.4 Å². The minimum absolute atomic E-state index is 0.0530. The number of anilines is 5. The summed E-state index contributed by atoms with van der Waals surface area (Å²) >= 11 is 0. The zero-order valence-corrected chi connectivity index (χ0v) is 21.4. The first-order valence-electron chi connectivity index (χ1n) is 11.6. The molecule has 13 heteroatoms. The van der Waals surface area contributed by atoms with E-state index < -0.39 is 29.3 Å². The van der Waals surface area contributed by atoms with Gasteiger partial charge in [-0.25, -0.2) is 14.2 Å². The number of hydrogen-bond acceptors (Lipinski definition) is 7. The topological polar surface area (TPSA) is 106 Å². The summed E-state index contributed by atoms with van der Waals surface area (Å²) in [5.74, 6) is -0.433. The Balaban J connectivity index is 1.69. The highest BCUT2D eigenvalue weighted by molar-refractivity contribution is 5.86. The van der Waals surface area contributed by atoms with Gasteiger partial charge < -0.3 is 15.4 Å². The van der Waals surface area contributed by atoms with E-state index in [0.29, 0.717) is 16.8 Å². The van der Waals surface area contributed by atoms with E-state index in [1.54, 1.807) is 44.9 Å². The fourth-order valence-electron chi connectivity index (χ4n) is 3.45. The number of rotatable bonds is 6. The summed E-state index contributed by atoms with van der Waals surface area (Å²) in [6.45, 7) is 5.12. The quantitative estimate of drug-likeness (QED) is 0.228. The highest BCUT2D eigenvalue weighted by atomic mass is 19.4. The Morgan fingerprint density at radius 3 is 2.31 bits per heavy atom. The second-order valence-electron chi connectivity index (χ2n) is 9.51. The van der Waals surface area contributed by atoms with Crippen molar-refractivity contribution in [2.24, 2.45) is 7.05 Å². The number of amides is 1. The molecule has 204 valence electrons. The molecule has 9 nitrogen and oxygen atoms in total. The molecular formula is C26H25F4N7O2. The summed E-state index contributed by atoms with van der Waals surface area (Å²) in [5, 5.41) is 12.4. The van der Waals surface area contributed by atoms with Crippen molar-refractivity contribution >= 4 is 34.9 Å². The number of carbonyl (C=O) groups is 1. The van der Waals surface area contributed by atoms with Gasteiger partial charge in [0.05, 0.1) is 23.1 Å². The molecule has 0 aliphatic carbocycles. The summed E-state index contributed by atoms with van der Waals surface area (Å²) in [5.41, 5.74) is -0.105. The smallest absolute Gasteiger partial charge is 0.416 e. The molecule has 0 saturated heterocycles. The number of hydrogen-bond donors (Lipinski definition) is 3. The van der Waals surface area contributed by atoms with Crippen LogP contribution in [0.4, 0.5) is 51.2 Å². The largest absolute Gasteiger partial charge is 0.444 e. The van der Waals surface area contributed by atoms with Gasteiger partial charge in [-0.2, -0.15) is 23.3 Å². The molecule has 4 aromatic rings. The minimum atomic E-state index is -4.50. The van der Waals surface area contributed by atoms with Crippen LogP contribution in [-0.4, -0.2) is 31.4 Å². The van der Waals surface area contributed by atoms with Crippen molar-refractivity contribution in [1.29, 1.82) is 0 Å². The number of halogens is 4. The lowest BCUT2D eigenvalue weighted by Crippen LogP contribution is -2.27. The van der Waals surface area contributed by atoms with Gasteiger partial charge in [-0.15, -0.1) is 0 Å². The van der Waals surface area contributed by atoms with E-state index in [4.69, 9.17) is 4.74 Å². The van der Waals surface area contributed by atoms with Gasteiger partial charge in [-0.1, -0.05) is 12.1 Å². The van der Waals surface area contributed by atoms with Crippen LogP contribution in [-0.2, 0) is 18.0 Å². The van der Waals surface area contributed by atoms with Gasteiger partial charge in [-0.05, 0) is 56.7 Å². The summed E-state index contributed by atoms with van der Waals surface area (Å²) in [6, 6.07) is 8.26. The maximum atomic E-state index is 14.8. The van der Waals surface area contributed by atoms with E-state index in [-0.39, 0.29) is 23.1 Å². The Morgan fingerprint density at radius 2 is 1.69 bits per heavy atom. The SMILES string of the molecule is Cn1cc(Nc2ncc(-c3ccc(C(F)(F)F)cc3)c(Nc3cc(NC(=O)OC(C)(C)C)ccc3F)n2)cn1. The van der Waals surface area contributed by atoms with Crippen molar-refractivity contribution in [3.8, 4) is 11.1 Å². The molecule has 0 bridgehead atoms. The molecule has 0 fully saturated rings. The first-order valence-corrected chi connectivity index (χ1v) is 11.6. The van der Waals surface area contributed by atoms with E-state index in [9.17, 15) is 22.4 Å². The highest BCUT2D eigenvalue weighted by Crippen LogP contribution is 2.34. The minimum Gasteiger partial charge on any atom is -0.444 e. The van der Waals surface area contributed by atoms with E-state index >= 15 is 0 Å². The molecule has 39 heavy (non-hydrogen) atoms. The van der Waals surface area contributed by atoms with Crippen molar-refractivity contribution in [3.63, 3.8) is 0 Å². The number of aryl methyl sites for hydroxylation is 1. The molecule has 0 radical (unpaired) electrons. The molecule has 2 aromatic carbocycles. The highest BCUT2D eigenvalue weighted by Gasteiger charge is 2.30. The van der Waals surface area contributed by atoms with Crippen LogP contribution >= 0.6 is 0 Å². The average Bonchev–Trinajstić information content (AvgIpc) is 3.24. The van der Waals surface area contributed by atoms with Crippen LogP contribution in [0.5, 0.6) is 0 Å². The Hall–Kier alpha value is -4.68. The zero-order chi connectivity index (χ0) is 28.4.